The van der Waals surface area contributed by atoms with Crippen LogP contribution in [-0.4, -0.2) is 64.7 Å². The lowest BCUT2D eigenvalue weighted by Crippen LogP contribution is -2.51. The highest BCUT2D eigenvalue weighted by atomic mass is 31.2. The van der Waals surface area contributed by atoms with Gasteiger partial charge in [0.05, 0.1) is 19.1 Å². The van der Waals surface area contributed by atoms with Crippen molar-refractivity contribution >= 4 is 19.6 Å². The van der Waals surface area contributed by atoms with Crippen LogP contribution in [-0.2, 0) is 28.2 Å². The molecule has 2 heterocycles. The standard InChI is InChI=1S/C24H32FN2O8P/c1-15(2)33-22(30)17(4)26-36(31,35-18-9-7-6-8-10-18)32-14-19-21(29)24(5,25)23(34-19)27-12-11-16(3)13-20(27)28/h6-12,15,17,19,21,23,29H,3,13-14H2,1-2,4-5H3,(H,26,31)/t17-,19?,21+,23+,24+,36-/m0/s1. The Labute approximate surface area is 209 Å². The summed E-state index contributed by atoms with van der Waals surface area (Å²) in [5.41, 5.74) is -1.80. The molecule has 1 aromatic carbocycles. The minimum atomic E-state index is -4.26. The molecule has 36 heavy (non-hydrogen) atoms. The van der Waals surface area contributed by atoms with Crippen LogP contribution in [0.3, 0.4) is 0 Å². The van der Waals surface area contributed by atoms with Crippen molar-refractivity contribution in [2.45, 2.75) is 70.4 Å². The highest BCUT2D eigenvalue weighted by molar-refractivity contribution is 7.52. The highest BCUT2D eigenvalue weighted by Gasteiger charge is 2.57. The van der Waals surface area contributed by atoms with Crippen LogP contribution < -0.4 is 9.61 Å². The van der Waals surface area contributed by atoms with Crippen LogP contribution in [0, 0.1) is 0 Å². The van der Waals surface area contributed by atoms with Crippen LogP contribution in [0.1, 0.15) is 34.1 Å². The maximum absolute atomic E-state index is 15.5. The monoisotopic (exact) mass is 526 g/mol. The number of aliphatic hydroxyl groups is 1. The molecule has 0 radical (unpaired) electrons. The number of allylic oxidation sites excluding steroid dienone is 1. The molecule has 198 valence electrons. The number of rotatable bonds is 10. The van der Waals surface area contributed by atoms with Crippen molar-refractivity contribution in [1.82, 2.24) is 9.99 Å². The van der Waals surface area contributed by atoms with E-state index in [2.05, 4.69) is 11.7 Å². The largest absolute Gasteiger partial charge is 0.462 e. The molecule has 3 rings (SSSR count). The summed E-state index contributed by atoms with van der Waals surface area (Å²) in [6.45, 7) is 9.01. The van der Waals surface area contributed by atoms with Gasteiger partial charge in [-0.2, -0.15) is 5.09 Å². The molecule has 0 bridgehead atoms. The van der Waals surface area contributed by atoms with Crippen molar-refractivity contribution in [1.29, 1.82) is 0 Å². The van der Waals surface area contributed by atoms with Gasteiger partial charge < -0.3 is 19.1 Å². The van der Waals surface area contributed by atoms with Crippen LogP contribution in [0.25, 0.3) is 0 Å². The molecule has 2 aliphatic rings. The molecular formula is C24H32FN2O8P. The van der Waals surface area contributed by atoms with Gasteiger partial charge in [0.25, 0.3) is 0 Å². The van der Waals surface area contributed by atoms with E-state index in [-0.39, 0.29) is 12.2 Å². The summed E-state index contributed by atoms with van der Waals surface area (Å²) in [6.07, 6.45) is -1.98. The smallest absolute Gasteiger partial charge is 0.459 e. The van der Waals surface area contributed by atoms with E-state index in [4.69, 9.17) is 18.5 Å². The van der Waals surface area contributed by atoms with E-state index < -0.39 is 62.5 Å². The average molecular weight is 526 g/mol. The summed E-state index contributed by atoms with van der Waals surface area (Å²) in [4.78, 5) is 25.7. The van der Waals surface area contributed by atoms with Gasteiger partial charge in [0, 0.05) is 6.20 Å². The minimum Gasteiger partial charge on any atom is -0.462 e. The third-order valence-corrected chi connectivity index (χ3v) is 7.19. The number of alkyl halides is 1. The fraction of sp³-hybridized carbons (Fsp3) is 0.500. The summed E-state index contributed by atoms with van der Waals surface area (Å²) >= 11 is 0. The molecule has 6 atom stereocenters. The van der Waals surface area contributed by atoms with Crippen LogP contribution in [0.5, 0.6) is 5.75 Å². The first kappa shape index (κ1) is 28.0. The number of carbonyl (C=O) groups is 2. The van der Waals surface area contributed by atoms with Gasteiger partial charge in [-0.05, 0) is 51.5 Å². The molecule has 0 spiro atoms. The first-order valence-electron chi connectivity index (χ1n) is 11.5. The predicted molar refractivity (Wildman–Crippen MR) is 128 cm³/mol. The zero-order chi connectivity index (χ0) is 26.7. The third kappa shape index (κ3) is 6.60. The van der Waals surface area contributed by atoms with Crippen molar-refractivity contribution in [2.75, 3.05) is 6.61 Å². The number of para-hydroxylation sites is 1. The number of benzene rings is 1. The molecule has 1 fully saturated rings. The highest BCUT2D eigenvalue weighted by Crippen LogP contribution is 2.46. The minimum absolute atomic E-state index is 0.0158. The molecule has 10 nitrogen and oxygen atoms in total. The van der Waals surface area contributed by atoms with Gasteiger partial charge in [0.1, 0.15) is 24.0 Å². The Bertz CT molecular complexity index is 1050. The van der Waals surface area contributed by atoms with Crippen molar-refractivity contribution in [2.24, 2.45) is 0 Å². The molecule has 1 aromatic rings. The van der Waals surface area contributed by atoms with Crippen LogP contribution in [0.4, 0.5) is 4.39 Å². The van der Waals surface area contributed by atoms with Gasteiger partial charge in [-0.3, -0.25) is 19.0 Å². The molecule has 1 amide bonds. The molecule has 0 aliphatic carbocycles. The van der Waals surface area contributed by atoms with Gasteiger partial charge in [-0.25, -0.2) is 8.96 Å². The van der Waals surface area contributed by atoms with Gasteiger partial charge in [0.15, 0.2) is 11.9 Å². The topological polar surface area (TPSA) is 124 Å². The fourth-order valence-electron chi connectivity index (χ4n) is 3.68. The lowest BCUT2D eigenvalue weighted by Gasteiger charge is -2.33. The van der Waals surface area contributed by atoms with Crippen LogP contribution in [0.15, 0.2) is 54.8 Å². The number of esters is 1. The Balaban J connectivity index is 1.76. The first-order chi connectivity index (χ1) is 16.8. The van der Waals surface area contributed by atoms with E-state index in [1.807, 2.05) is 0 Å². The maximum Gasteiger partial charge on any atom is 0.459 e. The van der Waals surface area contributed by atoms with Crippen LogP contribution in [0.2, 0.25) is 0 Å². The Kier molecular flexibility index (Phi) is 8.74. The van der Waals surface area contributed by atoms with E-state index in [1.54, 1.807) is 38.1 Å². The van der Waals surface area contributed by atoms with Gasteiger partial charge >= 0.3 is 13.7 Å². The number of nitrogens with one attached hydrogen (secondary N) is 1. The Morgan fingerprint density at radius 3 is 2.64 bits per heavy atom. The number of hydrogen-bond acceptors (Lipinski definition) is 8. The fourth-order valence-corrected chi connectivity index (χ4v) is 5.18. The summed E-state index contributed by atoms with van der Waals surface area (Å²) in [6, 6.07) is 7.01. The zero-order valence-electron chi connectivity index (χ0n) is 20.6. The van der Waals surface area contributed by atoms with Crippen molar-refractivity contribution in [3.05, 3.63) is 54.8 Å². The Morgan fingerprint density at radius 2 is 2.03 bits per heavy atom. The lowest BCUT2D eigenvalue weighted by molar-refractivity contribution is -0.149. The zero-order valence-corrected chi connectivity index (χ0v) is 21.5. The molecule has 1 saturated heterocycles. The van der Waals surface area contributed by atoms with E-state index in [0.717, 1.165) is 11.8 Å². The molecular weight excluding hydrogens is 494 g/mol. The van der Waals surface area contributed by atoms with Gasteiger partial charge in [-0.1, -0.05) is 24.8 Å². The number of aliphatic hydroxyl groups excluding tert-OH is 1. The first-order valence-corrected chi connectivity index (χ1v) is 13.0. The SMILES string of the molecule is C=C1C=CN([C@@H]2OC(CO[P@@](=O)(N[C@@H](C)C(=O)OC(C)C)Oc3ccccc3)[C@@H](O)[C@@]2(C)F)C(=O)C1. The summed E-state index contributed by atoms with van der Waals surface area (Å²) < 4.78 is 51.0. The van der Waals surface area contributed by atoms with Gasteiger partial charge in [-0.15, -0.1) is 0 Å². The molecule has 12 heteroatoms. The Hall–Kier alpha value is -2.56. The number of ether oxygens (including phenoxy) is 2. The molecule has 0 saturated carbocycles. The number of amides is 1. The molecule has 2 N–H and O–H groups in total. The summed E-state index contributed by atoms with van der Waals surface area (Å²) in [5, 5.41) is 13.1. The van der Waals surface area contributed by atoms with Crippen molar-refractivity contribution in [3.63, 3.8) is 0 Å². The third-order valence-electron chi connectivity index (χ3n) is 5.54. The molecule has 0 aromatic heterocycles. The van der Waals surface area contributed by atoms with Crippen LogP contribution >= 0.6 is 7.75 Å². The average Bonchev–Trinajstić information content (AvgIpc) is 3.01. The Morgan fingerprint density at radius 1 is 1.36 bits per heavy atom. The molecule has 2 aliphatic heterocycles. The second kappa shape index (κ2) is 11.2. The number of halogens is 1. The van der Waals surface area contributed by atoms with Gasteiger partial charge in [0.2, 0.25) is 5.91 Å². The van der Waals surface area contributed by atoms with E-state index in [9.17, 15) is 19.3 Å². The quantitative estimate of drug-likeness (QED) is 0.349. The van der Waals surface area contributed by atoms with E-state index >= 15 is 4.39 Å². The molecule has 1 unspecified atom stereocenters. The number of carbonyl (C=O) groups excluding carboxylic acids is 2. The lowest BCUT2D eigenvalue weighted by atomic mass is 9.97. The predicted octanol–water partition coefficient (Wildman–Crippen LogP) is 3.24. The maximum atomic E-state index is 15.5. The van der Waals surface area contributed by atoms with Crippen molar-refractivity contribution in [3.8, 4) is 5.75 Å². The van der Waals surface area contributed by atoms with Crippen molar-refractivity contribution < 1.29 is 42.2 Å². The summed E-state index contributed by atoms with van der Waals surface area (Å²) in [5.74, 6) is -0.943. The normalized spacial score (nSPS) is 28.8. The number of nitrogens with zero attached hydrogens (tertiary/aromatic N) is 1. The number of hydrogen-bond donors (Lipinski definition) is 2. The van der Waals surface area contributed by atoms with E-state index in [1.165, 1.54) is 25.3 Å². The summed E-state index contributed by atoms with van der Waals surface area (Å²) in [7, 11) is -4.26. The second-order valence-corrected chi connectivity index (χ2v) is 10.8. The van der Waals surface area contributed by atoms with E-state index in [0.29, 0.717) is 5.57 Å². The second-order valence-electron chi connectivity index (χ2n) is 9.11.